The summed E-state index contributed by atoms with van der Waals surface area (Å²) in [5.74, 6) is -0.0878. The van der Waals surface area contributed by atoms with Crippen molar-refractivity contribution >= 4 is 27.6 Å². The Balaban J connectivity index is 1.40. The quantitative estimate of drug-likeness (QED) is 0.716. The summed E-state index contributed by atoms with van der Waals surface area (Å²) in [6.45, 7) is 1.06. The van der Waals surface area contributed by atoms with Crippen LogP contribution < -0.4 is 0 Å². The van der Waals surface area contributed by atoms with Crippen LogP contribution in [0.15, 0.2) is 33.6 Å². The Hall–Kier alpha value is -2.22. The second-order valence-corrected chi connectivity index (χ2v) is 8.86. The smallest absolute Gasteiger partial charge is 0.309 e. The van der Waals surface area contributed by atoms with Crippen LogP contribution >= 0.6 is 0 Å². The fourth-order valence-electron chi connectivity index (χ4n) is 3.96. The lowest BCUT2D eigenvalue weighted by Crippen LogP contribution is -2.42. The van der Waals surface area contributed by atoms with E-state index in [4.69, 9.17) is 4.74 Å². The average Bonchev–Trinajstić information content (AvgIpc) is 2.95. The van der Waals surface area contributed by atoms with Crippen molar-refractivity contribution in [1.29, 1.82) is 0 Å². The topological polar surface area (TPSA) is 93.1 Å². The first kappa shape index (κ1) is 18.2. The van der Waals surface area contributed by atoms with Crippen molar-refractivity contribution in [2.45, 2.75) is 49.5 Å². The Morgan fingerprint density at radius 1 is 1.11 bits per heavy atom. The van der Waals surface area contributed by atoms with Gasteiger partial charge in [0.05, 0.1) is 5.92 Å². The van der Waals surface area contributed by atoms with E-state index in [0.717, 1.165) is 12.8 Å². The molecular weight excluding hydrogens is 368 g/mol. The summed E-state index contributed by atoms with van der Waals surface area (Å²) in [6, 6.07) is 6.80. The zero-order chi connectivity index (χ0) is 19.0. The lowest BCUT2D eigenvalue weighted by atomic mass is 9.94. The van der Waals surface area contributed by atoms with Gasteiger partial charge in [0.15, 0.2) is 17.7 Å². The molecule has 2 aliphatic heterocycles. The number of esters is 1. The van der Waals surface area contributed by atoms with Crippen molar-refractivity contribution in [3.05, 3.63) is 29.8 Å². The molecule has 0 spiro atoms. The predicted molar refractivity (Wildman–Crippen MR) is 97.8 cm³/mol. The molecule has 2 heterocycles. The maximum Gasteiger partial charge on any atom is 0.309 e. The van der Waals surface area contributed by atoms with Crippen molar-refractivity contribution in [1.82, 2.24) is 4.90 Å². The van der Waals surface area contributed by atoms with Crippen LogP contribution in [0.25, 0.3) is 0 Å². The second kappa shape index (κ2) is 7.07. The number of amidine groups is 1. The second-order valence-electron chi connectivity index (χ2n) is 7.29. The van der Waals surface area contributed by atoms with Gasteiger partial charge in [-0.25, -0.2) is 0 Å². The van der Waals surface area contributed by atoms with Gasteiger partial charge < -0.3 is 9.64 Å². The fourth-order valence-corrected chi connectivity index (χ4v) is 5.18. The predicted octanol–water partition coefficient (Wildman–Crippen LogP) is 1.90. The third kappa shape index (κ3) is 3.50. The van der Waals surface area contributed by atoms with Crippen LogP contribution in [0.3, 0.4) is 0 Å². The van der Waals surface area contributed by atoms with Crippen LogP contribution in [-0.2, 0) is 24.3 Å². The van der Waals surface area contributed by atoms with E-state index < -0.39 is 16.1 Å². The number of sulfonamides is 1. The highest BCUT2D eigenvalue weighted by Crippen LogP contribution is 2.30. The maximum absolute atomic E-state index is 12.4. The molecule has 4 rings (SSSR count). The molecule has 1 aliphatic carbocycles. The number of benzene rings is 1. The lowest BCUT2D eigenvalue weighted by molar-refractivity contribution is -0.161. The summed E-state index contributed by atoms with van der Waals surface area (Å²) in [4.78, 5) is 26.4. The number of nitrogens with zero attached hydrogens (tertiary/aromatic N) is 2. The first-order chi connectivity index (χ1) is 13.0. The standard InChI is InChI=1S/C19H22N2O5S/c22-15-6-2-3-7-16(15)26-19(23)13-9-11-21(12-10-13)18-14-5-1-4-8-17(14)27(24,25)20-18/h1,4-5,8,13,16H,2-3,6-7,9-12H2/t16-/m1/s1. The van der Waals surface area contributed by atoms with Crippen molar-refractivity contribution in [3.8, 4) is 0 Å². The highest BCUT2D eigenvalue weighted by atomic mass is 32.2. The summed E-state index contributed by atoms with van der Waals surface area (Å²) in [5, 5.41) is 0. The van der Waals surface area contributed by atoms with Crippen LogP contribution in [0.5, 0.6) is 0 Å². The van der Waals surface area contributed by atoms with Gasteiger partial charge in [0.2, 0.25) is 0 Å². The number of fused-ring (bicyclic) bond motifs is 1. The number of carbonyl (C=O) groups is 2. The third-order valence-corrected chi connectivity index (χ3v) is 6.82. The fraction of sp³-hybridized carbons (Fsp3) is 0.526. The summed E-state index contributed by atoms with van der Waals surface area (Å²) >= 11 is 0. The molecule has 0 aromatic heterocycles. The summed E-state index contributed by atoms with van der Waals surface area (Å²) < 4.78 is 33.8. The molecule has 2 fully saturated rings. The highest BCUT2D eigenvalue weighted by Gasteiger charge is 2.36. The summed E-state index contributed by atoms with van der Waals surface area (Å²) in [6.07, 6.45) is 3.43. The van der Waals surface area contributed by atoms with E-state index in [1.165, 1.54) is 0 Å². The molecule has 1 aromatic rings. The minimum absolute atomic E-state index is 0.0224. The Bertz CT molecular complexity index is 900. The minimum atomic E-state index is -3.64. The zero-order valence-electron chi connectivity index (χ0n) is 15.0. The van der Waals surface area contributed by atoms with Crippen LogP contribution in [0.4, 0.5) is 0 Å². The molecule has 3 aliphatic rings. The van der Waals surface area contributed by atoms with Crippen LogP contribution in [0, 0.1) is 5.92 Å². The molecule has 8 heteroatoms. The number of ketones is 1. The summed E-state index contributed by atoms with van der Waals surface area (Å²) in [5.41, 5.74) is 0.617. The van der Waals surface area contributed by atoms with Gasteiger partial charge in [-0.3, -0.25) is 9.59 Å². The Morgan fingerprint density at radius 3 is 2.59 bits per heavy atom. The van der Waals surface area contributed by atoms with E-state index in [1.807, 2.05) is 4.90 Å². The molecule has 0 bridgehead atoms. The van der Waals surface area contributed by atoms with E-state index in [-0.39, 0.29) is 22.6 Å². The number of rotatable bonds is 2. The third-order valence-electron chi connectivity index (χ3n) is 5.50. The average molecular weight is 390 g/mol. The van der Waals surface area contributed by atoms with Gasteiger partial charge in [0.1, 0.15) is 4.90 Å². The number of ether oxygens (including phenoxy) is 1. The van der Waals surface area contributed by atoms with Crippen molar-refractivity contribution < 1.29 is 22.7 Å². The Kier molecular flexibility index (Phi) is 4.75. The van der Waals surface area contributed by atoms with E-state index in [1.54, 1.807) is 24.3 Å². The first-order valence-electron chi connectivity index (χ1n) is 9.38. The molecule has 1 saturated carbocycles. The van der Waals surface area contributed by atoms with E-state index in [0.29, 0.717) is 50.2 Å². The molecule has 1 saturated heterocycles. The van der Waals surface area contributed by atoms with Gasteiger partial charge in [-0.1, -0.05) is 12.1 Å². The van der Waals surface area contributed by atoms with Gasteiger partial charge in [-0.05, 0) is 44.2 Å². The van der Waals surface area contributed by atoms with Crippen molar-refractivity contribution in [2.24, 2.45) is 10.3 Å². The number of carbonyl (C=O) groups excluding carboxylic acids is 2. The maximum atomic E-state index is 12.4. The molecule has 1 aromatic carbocycles. The molecule has 0 radical (unpaired) electrons. The SMILES string of the molecule is O=C(O[C@@H]1CCCCC1=O)C1CCN(C2=NS(=O)(=O)c3ccccc32)CC1. The highest BCUT2D eigenvalue weighted by molar-refractivity contribution is 7.90. The van der Waals surface area contributed by atoms with Gasteiger partial charge >= 0.3 is 5.97 Å². The molecule has 1 atom stereocenters. The number of hydrogen-bond acceptors (Lipinski definition) is 6. The number of Topliss-reactive ketones (excluding diaryl/α,β-unsaturated/α-hetero) is 1. The molecule has 0 amide bonds. The Labute approximate surface area is 158 Å². The van der Waals surface area contributed by atoms with Gasteiger partial charge in [-0.2, -0.15) is 8.42 Å². The number of likely N-dealkylation sites (tertiary alicyclic amines) is 1. The van der Waals surface area contributed by atoms with E-state index in [9.17, 15) is 18.0 Å². The molecule has 27 heavy (non-hydrogen) atoms. The van der Waals surface area contributed by atoms with E-state index in [2.05, 4.69) is 4.40 Å². The van der Waals surface area contributed by atoms with Crippen molar-refractivity contribution in [3.63, 3.8) is 0 Å². The monoisotopic (exact) mass is 390 g/mol. The molecule has 144 valence electrons. The largest absolute Gasteiger partial charge is 0.454 e. The van der Waals surface area contributed by atoms with Crippen LogP contribution in [0.2, 0.25) is 0 Å². The Morgan fingerprint density at radius 2 is 1.85 bits per heavy atom. The molecule has 0 N–H and O–H groups in total. The van der Waals surface area contributed by atoms with Gasteiger partial charge in [-0.15, -0.1) is 4.40 Å². The van der Waals surface area contributed by atoms with E-state index >= 15 is 0 Å². The molecule has 0 unspecified atom stereocenters. The van der Waals surface area contributed by atoms with Gasteiger partial charge in [0.25, 0.3) is 10.0 Å². The molecular formula is C19H22N2O5S. The van der Waals surface area contributed by atoms with Crippen molar-refractivity contribution in [2.75, 3.05) is 13.1 Å². The van der Waals surface area contributed by atoms with Crippen LogP contribution in [0.1, 0.15) is 44.1 Å². The number of piperidine rings is 1. The normalized spacial score (nSPS) is 25.0. The minimum Gasteiger partial charge on any atom is -0.454 e. The first-order valence-corrected chi connectivity index (χ1v) is 10.8. The zero-order valence-corrected chi connectivity index (χ0v) is 15.8. The van der Waals surface area contributed by atoms with Gasteiger partial charge in [0, 0.05) is 25.1 Å². The molecule has 7 nitrogen and oxygen atoms in total. The lowest BCUT2D eigenvalue weighted by Gasteiger charge is -2.33. The van der Waals surface area contributed by atoms with Crippen LogP contribution in [-0.4, -0.2) is 50.1 Å². The summed E-state index contributed by atoms with van der Waals surface area (Å²) in [7, 11) is -3.64. The number of hydrogen-bond donors (Lipinski definition) is 0.